The number of hydrogen-bond acceptors (Lipinski definition) is 1. The zero-order chi connectivity index (χ0) is 35.4. The number of fused-ring (bicyclic) bond motifs is 6. The number of para-hydroxylation sites is 2. The molecule has 250 valence electrons. The van der Waals surface area contributed by atoms with Crippen LogP contribution in [0.4, 0.5) is 17.1 Å². The minimum Gasteiger partial charge on any atom is -0.310 e. The molecule has 0 saturated heterocycles. The van der Waals surface area contributed by atoms with E-state index in [0.717, 1.165) is 17.1 Å². The van der Waals surface area contributed by atoms with E-state index in [4.69, 9.17) is 0 Å². The predicted molar refractivity (Wildman–Crippen MR) is 225 cm³/mol. The standard InChI is InChI=1S/C53H33N/c1-2-15-37(16-3-1)54(50-26-9-7-19-43(50)40-20-10-14-35-13-4-5-17-39(35)40)38-30-27-34(28-31-38)36-29-32-42-45-22-12-24-47-46-23-11-21-44-41-18-6-8-25-48(41)53(51(44)46,52(45)47)49(42)33-36/h1-33H. The topological polar surface area (TPSA) is 3.24 Å². The molecule has 0 aromatic heterocycles. The molecule has 0 radical (unpaired) electrons. The molecule has 0 N–H and O–H groups in total. The predicted octanol–water partition coefficient (Wildman–Crippen LogP) is 14.0. The summed E-state index contributed by atoms with van der Waals surface area (Å²) in [6, 6.07) is 74.1. The van der Waals surface area contributed by atoms with E-state index in [9.17, 15) is 0 Å². The van der Waals surface area contributed by atoms with Gasteiger partial charge in [0.2, 0.25) is 0 Å². The monoisotopic (exact) mass is 683 g/mol. The fourth-order valence-electron chi connectivity index (χ4n) is 10.1. The van der Waals surface area contributed by atoms with Gasteiger partial charge < -0.3 is 4.90 Å². The quantitative estimate of drug-likeness (QED) is 0.175. The van der Waals surface area contributed by atoms with Crippen molar-refractivity contribution < 1.29 is 0 Å². The van der Waals surface area contributed by atoms with Gasteiger partial charge in [0.05, 0.1) is 11.1 Å². The number of hydrogen-bond donors (Lipinski definition) is 0. The lowest BCUT2D eigenvalue weighted by molar-refractivity contribution is 0.818. The van der Waals surface area contributed by atoms with Crippen molar-refractivity contribution in [3.8, 4) is 55.6 Å². The number of rotatable bonds is 5. The van der Waals surface area contributed by atoms with Gasteiger partial charge in [-0.25, -0.2) is 0 Å². The first-order valence-corrected chi connectivity index (χ1v) is 18.9. The van der Waals surface area contributed by atoms with Crippen molar-refractivity contribution in [1.82, 2.24) is 0 Å². The summed E-state index contributed by atoms with van der Waals surface area (Å²) in [5.74, 6) is 0. The summed E-state index contributed by atoms with van der Waals surface area (Å²) in [7, 11) is 0. The number of benzene rings is 9. The second-order valence-corrected chi connectivity index (χ2v) is 14.8. The van der Waals surface area contributed by atoms with Crippen LogP contribution < -0.4 is 4.90 Å². The van der Waals surface area contributed by atoms with Crippen LogP contribution in [0, 0.1) is 0 Å². The molecule has 12 rings (SSSR count). The van der Waals surface area contributed by atoms with E-state index in [-0.39, 0.29) is 5.41 Å². The fourth-order valence-corrected chi connectivity index (χ4v) is 10.1. The van der Waals surface area contributed by atoms with Crippen LogP contribution in [-0.4, -0.2) is 0 Å². The summed E-state index contributed by atoms with van der Waals surface area (Å²) < 4.78 is 0. The highest BCUT2D eigenvalue weighted by atomic mass is 15.1. The van der Waals surface area contributed by atoms with E-state index in [0.29, 0.717) is 0 Å². The number of nitrogens with zero attached hydrogens (tertiary/aromatic N) is 1. The molecule has 1 atom stereocenters. The Morgan fingerprint density at radius 3 is 1.61 bits per heavy atom. The third-order valence-corrected chi connectivity index (χ3v) is 12.2. The SMILES string of the molecule is c1ccc(N(c2ccc(-c3ccc4c(c3)C35c6ccccc6-c6cccc(c63)-c3cccc-4c35)cc2)c2ccccc2-c2cccc3ccccc23)cc1. The highest BCUT2D eigenvalue weighted by Crippen LogP contribution is 2.70. The molecule has 1 nitrogen and oxygen atoms in total. The van der Waals surface area contributed by atoms with Crippen molar-refractivity contribution in [2.24, 2.45) is 0 Å². The molecule has 0 saturated carbocycles. The van der Waals surface area contributed by atoms with Crippen molar-refractivity contribution in [3.05, 3.63) is 222 Å². The van der Waals surface area contributed by atoms with Crippen LogP contribution >= 0.6 is 0 Å². The van der Waals surface area contributed by atoms with Crippen LogP contribution in [0.2, 0.25) is 0 Å². The summed E-state index contributed by atoms with van der Waals surface area (Å²) in [5, 5.41) is 2.50. The molecule has 0 fully saturated rings. The molecule has 3 aliphatic rings. The smallest absolute Gasteiger partial charge is 0.0737 e. The first kappa shape index (κ1) is 29.6. The van der Waals surface area contributed by atoms with Gasteiger partial charge in [0.1, 0.15) is 0 Å². The Hall–Kier alpha value is -6.96. The average Bonchev–Trinajstić information content (AvgIpc) is 3.84. The molecule has 0 bridgehead atoms. The van der Waals surface area contributed by atoms with Gasteiger partial charge in [0.15, 0.2) is 0 Å². The molecule has 0 amide bonds. The Morgan fingerprint density at radius 2 is 0.833 bits per heavy atom. The minimum absolute atomic E-state index is 0.283. The van der Waals surface area contributed by atoms with E-state index < -0.39 is 0 Å². The minimum atomic E-state index is -0.283. The van der Waals surface area contributed by atoms with Crippen LogP contribution in [0.5, 0.6) is 0 Å². The third kappa shape index (κ3) is 3.83. The van der Waals surface area contributed by atoms with Gasteiger partial charge in [-0.3, -0.25) is 0 Å². The molecule has 0 heterocycles. The van der Waals surface area contributed by atoms with Gasteiger partial charge in [0, 0.05) is 16.9 Å². The molecular weight excluding hydrogens is 651 g/mol. The third-order valence-electron chi connectivity index (χ3n) is 12.2. The molecule has 1 spiro atoms. The van der Waals surface area contributed by atoms with Gasteiger partial charge in [-0.05, 0) is 119 Å². The molecule has 9 aromatic rings. The lowest BCUT2D eigenvalue weighted by Gasteiger charge is -2.28. The van der Waals surface area contributed by atoms with E-state index in [1.807, 2.05) is 0 Å². The molecule has 1 unspecified atom stereocenters. The summed E-state index contributed by atoms with van der Waals surface area (Å²) in [5.41, 5.74) is 21.9. The number of anilines is 3. The van der Waals surface area contributed by atoms with Gasteiger partial charge in [-0.15, -0.1) is 0 Å². The Bertz CT molecular complexity index is 2950. The first-order valence-electron chi connectivity index (χ1n) is 18.9. The van der Waals surface area contributed by atoms with Crippen molar-refractivity contribution >= 4 is 27.8 Å². The van der Waals surface area contributed by atoms with Crippen molar-refractivity contribution in [2.75, 3.05) is 4.90 Å². The van der Waals surface area contributed by atoms with E-state index in [1.54, 1.807) is 0 Å². The Morgan fingerprint density at radius 1 is 0.315 bits per heavy atom. The van der Waals surface area contributed by atoms with Gasteiger partial charge in [-0.1, -0.05) is 164 Å². The maximum Gasteiger partial charge on any atom is 0.0737 e. The first-order chi connectivity index (χ1) is 26.8. The molecule has 54 heavy (non-hydrogen) atoms. The lowest BCUT2D eigenvalue weighted by Crippen LogP contribution is -2.23. The summed E-state index contributed by atoms with van der Waals surface area (Å²) in [6.45, 7) is 0. The molecule has 0 aliphatic heterocycles. The normalized spacial score (nSPS) is 15.1. The van der Waals surface area contributed by atoms with Crippen molar-refractivity contribution in [2.45, 2.75) is 5.41 Å². The lowest BCUT2D eigenvalue weighted by atomic mass is 9.73. The van der Waals surface area contributed by atoms with Crippen LogP contribution in [0.15, 0.2) is 200 Å². The van der Waals surface area contributed by atoms with E-state index in [1.165, 1.54) is 88.7 Å². The highest BCUT2D eigenvalue weighted by Gasteiger charge is 2.57. The second-order valence-electron chi connectivity index (χ2n) is 14.8. The molecule has 9 aromatic carbocycles. The highest BCUT2D eigenvalue weighted by molar-refractivity contribution is 6.06. The van der Waals surface area contributed by atoms with Crippen LogP contribution in [0.25, 0.3) is 66.4 Å². The zero-order valence-corrected chi connectivity index (χ0v) is 29.5. The Balaban J connectivity index is 1.01. The van der Waals surface area contributed by atoms with Gasteiger partial charge >= 0.3 is 0 Å². The molecular formula is C53H33N. The van der Waals surface area contributed by atoms with E-state index >= 15 is 0 Å². The van der Waals surface area contributed by atoms with Crippen LogP contribution in [0.1, 0.15) is 22.3 Å². The molecule has 3 aliphatic carbocycles. The van der Waals surface area contributed by atoms with Crippen LogP contribution in [-0.2, 0) is 5.41 Å². The largest absolute Gasteiger partial charge is 0.310 e. The zero-order valence-electron chi connectivity index (χ0n) is 29.5. The summed E-state index contributed by atoms with van der Waals surface area (Å²) in [6.07, 6.45) is 0. The van der Waals surface area contributed by atoms with Crippen molar-refractivity contribution in [3.63, 3.8) is 0 Å². The van der Waals surface area contributed by atoms with Gasteiger partial charge in [0.25, 0.3) is 0 Å². The maximum absolute atomic E-state index is 2.49. The summed E-state index contributed by atoms with van der Waals surface area (Å²) in [4.78, 5) is 2.40. The average molecular weight is 684 g/mol. The molecule has 1 heteroatoms. The fraction of sp³-hybridized carbons (Fsp3) is 0.0189. The summed E-state index contributed by atoms with van der Waals surface area (Å²) >= 11 is 0. The van der Waals surface area contributed by atoms with Crippen molar-refractivity contribution in [1.29, 1.82) is 0 Å². The van der Waals surface area contributed by atoms with Crippen LogP contribution in [0.3, 0.4) is 0 Å². The van der Waals surface area contributed by atoms with Gasteiger partial charge in [-0.2, -0.15) is 0 Å². The Kier molecular flexibility index (Phi) is 6.04. The second kappa shape index (κ2) is 11.0. The Labute approximate surface area is 315 Å². The van der Waals surface area contributed by atoms with E-state index in [2.05, 4.69) is 205 Å². The maximum atomic E-state index is 2.49.